The molecule has 2 aromatic carbocycles. The van der Waals surface area contributed by atoms with Crippen LogP contribution in [0, 0.1) is 0 Å². The first-order chi connectivity index (χ1) is 11.0. The van der Waals surface area contributed by atoms with Gasteiger partial charge in [-0.1, -0.05) is 17.7 Å². The van der Waals surface area contributed by atoms with Crippen LogP contribution in [0.25, 0.3) is 0 Å². The summed E-state index contributed by atoms with van der Waals surface area (Å²) in [5, 5.41) is 2.92. The minimum absolute atomic E-state index is 0.248. The van der Waals surface area contributed by atoms with Crippen LogP contribution in [0.2, 0.25) is 5.02 Å². The quantitative estimate of drug-likeness (QED) is 0.903. The maximum Gasteiger partial charge on any atom is 0.257 e. The van der Waals surface area contributed by atoms with E-state index >= 15 is 0 Å². The number of fused-ring (bicyclic) bond motifs is 1. The topological polar surface area (TPSA) is 90.7 Å². The normalized spacial score (nSPS) is 12.6. The lowest BCUT2D eigenvalue weighted by molar-refractivity contribution is 0.0996. The number of rotatable bonds is 3. The number of halogens is 1. The van der Waals surface area contributed by atoms with Crippen molar-refractivity contribution in [1.82, 2.24) is 0 Å². The Morgan fingerprint density at radius 3 is 2.48 bits per heavy atom. The maximum absolute atomic E-state index is 12.4. The molecule has 3 N–H and O–H groups in total. The number of carbonyl (C=O) groups excluding carboxylic acids is 2. The molecular weight excluding hydrogens is 320 g/mol. The molecular formula is C16H13ClN2O4. The highest BCUT2D eigenvalue weighted by Gasteiger charge is 2.19. The van der Waals surface area contributed by atoms with Crippen molar-refractivity contribution in [2.24, 2.45) is 5.73 Å². The number of hydrogen-bond donors (Lipinski definition) is 2. The highest BCUT2D eigenvalue weighted by molar-refractivity contribution is 6.34. The average Bonchev–Trinajstić information content (AvgIpc) is 2.54. The lowest BCUT2D eigenvalue weighted by atomic mass is 10.1. The SMILES string of the molecule is NC(=O)c1cccc(NC(=O)c2cc3c(cc2Cl)OCCO3)c1. The second-order valence-corrected chi connectivity index (χ2v) is 5.28. The highest BCUT2D eigenvalue weighted by Crippen LogP contribution is 2.35. The minimum Gasteiger partial charge on any atom is -0.486 e. The van der Waals surface area contributed by atoms with Crippen molar-refractivity contribution in [2.75, 3.05) is 18.5 Å². The van der Waals surface area contributed by atoms with Crippen molar-refractivity contribution in [1.29, 1.82) is 0 Å². The van der Waals surface area contributed by atoms with Gasteiger partial charge >= 0.3 is 0 Å². The summed E-state index contributed by atoms with van der Waals surface area (Å²) in [6.45, 7) is 0.852. The molecule has 118 valence electrons. The fraction of sp³-hybridized carbons (Fsp3) is 0.125. The predicted molar refractivity (Wildman–Crippen MR) is 85.4 cm³/mol. The Morgan fingerprint density at radius 1 is 1.09 bits per heavy atom. The van der Waals surface area contributed by atoms with Crippen LogP contribution < -0.4 is 20.5 Å². The summed E-state index contributed by atoms with van der Waals surface area (Å²) in [6, 6.07) is 9.41. The Hall–Kier alpha value is -2.73. The molecule has 23 heavy (non-hydrogen) atoms. The number of benzene rings is 2. The van der Waals surface area contributed by atoms with E-state index in [0.717, 1.165) is 0 Å². The number of hydrogen-bond acceptors (Lipinski definition) is 4. The van der Waals surface area contributed by atoms with E-state index in [1.807, 2.05) is 0 Å². The molecule has 0 bridgehead atoms. The van der Waals surface area contributed by atoms with E-state index in [9.17, 15) is 9.59 Å². The summed E-state index contributed by atoms with van der Waals surface area (Å²) in [4.78, 5) is 23.6. The standard InChI is InChI=1S/C16H13ClN2O4/c17-12-8-14-13(22-4-5-23-14)7-11(12)16(21)19-10-3-1-2-9(6-10)15(18)20/h1-3,6-8H,4-5H2,(H2,18,20)(H,19,21). The van der Waals surface area contributed by atoms with E-state index in [-0.39, 0.29) is 10.6 Å². The van der Waals surface area contributed by atoms with Gasteiger partial charge in [0.05, 0.1) is 10.6 Å². The molecule has 0 saturated heterocycles. The molecule has 3 rings (SSSR count). The van der Waals surface area contributed by atoms with E-state index in [1.54, 1.807) is 24.3 Å². The second kappa shape index (κ2) is 6.18. The molecule has 0 radical (unpaired) electrons. The molecule has 2 aromatic rings. The average molecular weight is 333 g/mol. The van der Waals surface area contributed by atoms with Crippen LogP contribution in [0.1, 0.15) is 20.7 Å². The smallest absolute Gasteiger partial charge is 0.257 e. The molecule has 1 heterocycles. The van der Waals surface area contributed by atoms with Gasteiger partial charge < -0.3 is 20.5 Å². The van der Waals surface area contributed by atoms with Crippen molar-refractivity contribution in [3.8, 4) is 11.5 Å². The largest absolute Gasteiger partial charge is 0.486 e. The predicted octanol–water partition coefficient (Wildman–Crippen LogP) is 2.46. The fourth-order valence-corrected chi connectivity index (χ4v) is 2.43. The van der Waals surface area contributed by atoms with Gasteiger partial charge in [0.15, 0.2) is 11.5 Å². The number of carbonyl (C=O) groups is 2. The first-order valence-corrected chi connectivity index (χ1v) is 7.23. The Bertz CT molecular complexity index is 792. The molecule has 0 atom stereocenters. The summed E-state index contributed by atoms with van der Waals surface area (Å²) in [5.41, 5.74) is 6.22. The van der Waals surface area contributed by atoms with Gasteiger partial charge in [-0.25, -0.2) is 0 Å². The minimum atomic E-state index is -0.571. The van der Waals surface area contributed by atoms with Crippen molar-refractivity contribution >= 4 is 29.1 Å². The monoisotopic (exact) mass is 332 g/mol. The zero-order valence-electron chi connectivity index (χ0n) is 12.0. The van der Waals surface area contributed by atoms with Crippen LogP contribution in [-0.4, -0.2) is 25.0 Å². The molecule has 0 unspecified atom stereocenters. The number of primary amides is 1. The molecule has 1 aliphatic rings. The fourth-order valence-electron chi connectivity index (χ4n) is 2.19. The van der Waals surface area contributed by atoms with Crippen LogP contribution >= 0.6 is 11.6 Å². The molecule has 2 amide bonds. The Morgan fingerprint density at radius 2 is 1.78 bits per heavy atom. The summed E-state index contributed by atoms with van der Waals surface area (Å²) in [5.74, 6) is -0.0164. The zero-order valence-corrected chi connectivity index (χ0v) is 12.7. The van der Waals surface area contributed by atoms with Gasteiger partial charge in [-0.2, -0.15) is 0 Å². The lowest BCUT2D eigenvalue weighted by Crippen LogP contribution is -2.18. The summed E-state index contributed by atoms with van der Waals surface area (Å²) >= 11 is 6.13. The van der Waals surface area contributed by atoms with E-state index in [0.29, 0.717) is 36.0 Å². The highest BCUT2D eigenvalue weighted by atomic mass is 35.5. The third-order valence-electron chi connectivity index (χ3n) is 3.28. The van der Waals surface area contributed by atoms with Crippen LogP contribution in [0.4, 0.5) is 5.69 Å². The number of nitrogens with one attached hydrogen (secondary N) is 1. The molecule has 0 aromatic heterocycles. The summed E-state index contributed by atoms with van der Waals surface area (Å²) in [7, 11) is 0. The molecule has 0 spiro atoms. The van der Waals surface area contributed by atoms with Crippen molar-refractivity contribution in [3.63, 3.8) is 0 Å². The van der Waals surface area contributed by atoms with Crippen LogP contribution in [-0.2, 0) is 0 Å². The molecule has 0 saturated carbocycles. The third-order valence-corrected chi connectivity index (χ3v) is 3.59. The Kier molecular flexibility index (Phi) is 4.08. The van der Waals surface area contributed by atoms with Gasteiger partial charge in [0.1, 0.15) is 13.2 Å². The van der Waals surface area contributed by atoms with Crippen molar-refractivity contribution in [3.05, 3.63) is 52.5 Å². The Labute approximate surface area is 137 Å². The number of anilines is 1. The van der Waals surface area contributed by atoms with Gasteiger partial charge in [0.25, 0.3) is 5.91 Å². The third kappa shape index (κ3) is 3.22. The van der Waals surface area contributed by atoms with Crippen molar-refractivity contribution < 1.29 is 19.1 Å². The zero-order chi connectivity index (χ0) is 16.4. The van der Waals surface area contributed by atoms with Gasteiger partial charge in [-0.15, -0.1) is 0 Å². The van der Waals surface area contributed by atoms with Crippen molar-refractivity contribution in [2.45, 2.75) is 0 Å². The maximum atomic E-state index is 12.4. The number of ether oxygens (including phenoxy) is 2. The van der Waals surface area contributed by atoms with Gasteiger partial charge in [0.2, 0.25) is 5.91 Å². The van der Waals surface area contributed by atoms with E-state index in [4.69, 9.17) is 26.8 Å². The van der Waals surface area contributed by atoms with Crippen LogP contribution in [0.15, 0.2) is 36.4 Å². The summed E-state index contributed by atoms with van der Waals surface area (Å²) < 4.78 is 10.9. The van der Waals surface area contributed by atoms with Gasteiger partial charge in [0, 0.05) is 17.3 Å². The van der Waals surface area contributed by atoms with E-state index in [2.05, 4.69) is 5.32 Å². The van der Waals surface area contributed by atoms with Crippen LogP contribution in [0.5, 0.6) is 11.5 Å². The van der Waals surface area contributed by atoms with Gasteiger partial charge in [-0.05, 0) is 24.3 Å². The van der Waals surface area contributed by atoms with E-state index in [1.165, 1.54) is 12.1 Å². The first kappa shape index (κ1) is 15.2. The number of amides is 2. The molecule has 0 aliphatic carbocycles. The molecule has 0 fully saturated rings. The molecule has 7 heteroatoms. The van der Waals surface area contributed by atoms with Gasteiger partial charge in [-0.3, -0.25) is 9.59 Å². The molecule has 1 aliphatic heterocycles. The first-order valence-electron chi connectivity index (χ1n) is 6.85. The van der Waals surface area contributed by atoms with E-state index < -0.39 is 11.8 Å². The number of nitrogens with two attached hydrogens (primary N) is 1. The Balaban J connectivity index is 1.86. The van der Waals surface area contributed by atoms with Crippen LogP contribution in [0.3, 0.4) is 0 Å². The summed E-state index contributed by atoms with van der Waals surface area (Å²) in [6.07, 6.45) is 0. The second-order valence-electron chi connectivity index (χ2n) is 4.87. The molecule has 6 nitrogen and oxygen atoms in total. The lowest BCUT2D eigenvalue weighted by Gasteiger charge is -2.19.